The molecular weight excluding hydrogens is 330 g/mol. The van der Waals surface area contributed by atoms with Crippen molar-refractivity contribution in [2.45, 2.75) is 40.3 Å². The van der Waals surface area contributed by atoms with Crippen molar-refractivity contribution in [1.82, 2.24) is 14.7 Å². The average Bonchev–Trinajstić information content (AvgIpc) is 3.15. The van der Waals surface area contributed by atoms with Gasteiger partial charge in [-0.25, -0.2) is 0 Å². The van der Waals surface area contributed by atoms with E-state index in [9.17, 15) is 4.79 Å². The van der Waals surface area contributed by atoms with E-state index in [1.807, 2.05) is 47.8 Å². The molecule has 0 N–H and O–H groups in total. The highest BCUT2D eigenvalue weighted by Crippen LogP contribution is 2.31. The zero-order valence-corrected chi connectivity index (χ0v) is 16.3. The molecule has 3 rings (SSSR count). The van der Waals surface area contributed by atoms with Crippen molar-refractivity contribution in [2.75, 3.05) is 7.05 Å². The van der Waals surface area contributed by atoms with E-state index in [1.165, 1.54) is 0 Å². The van der Waals surface area contributed by atoms with Crippen LogP contribution in [0, 0.1) is 12.8 Å². The van der Waals surface area contributed by atoms with E-state index in [-0.39, 0.29) is 11.9 Å². The third-order valence-corrected chi connectivity index (χ3v) is 5.68. The Morgan fingerprint density at radius 2 is 1.92 bits per heavy atom. The lowest BCUT2D eigenvalue weighted by Gasteiger charge is -2.24. The minimum atomic E-state index is 0.0344. The summed E-state index contributed by atoms with van der Waals surface area (Å²) in [7, 11) is 1.87. The highest BCUT2D eigenvalue weighted by molar-refractivity contribution is 7.20. The minimum absolute atomic E-state index is 0.0344. The zero-order valence-electron chi connectivity index (χ0n) is 15.5. The molecule has 0 saturated carbocycles. The normalized spacial score (nSPS) is 12.7. The smallest absolute Gasteiger partial charge is 0.264 e. The lowest BCUT2D eigenvalue weighted by Crippen LogP contribution is -2.29. The number of benzene rings is 1. The Morgan fingerprint density at radius 1 is 1.24 bits per heavy atom. The number of aromatic nitrogens is 2. The molecule has 0 radical (unpaired) electrons. The highest BCUT2D eigenvalue weighted by atomic mass is 32.1. The highest BCUT2D eigenvalue weighted by Gasteiger charge is 2.22. The van der Waals surface area contributed by atoms with Crippen molar-refractivity contribution in [2.24, 2.45) is 5.92 Å². The average molecular weight is 356 g/mol. The molecule has 4 nitrogen and oxygen atoms in total. The van der Waals surface area contributed by atoms with E-state index in [4.69, 9.17) is 0 Å². The van der Waals surface area contributed by atoms with Gasteiger partial charge < -0.3 is 4.90 Å². The van der Waals surface area contributed by atoms with Crippen LogP contribution >= 0.6 is 11.3 Å². The first-order valence-corrected chi connectivity index (χ1v) is 9.49. The molecule has 0 fully saturated rings. The van der Waals surface area contributed by atoms with Crippen molar-refractivity contribution in [3.63, 3.8) is 0 Å². The fourth-order valence-corrected chi connectivity index (χ4v) is 4.15. The number of fused-ring (bicyclic) bond motifs is 1. The maximum absolute atomic E-state index is 13.0. The first-order valence-electron chi connectivity index (χ1n) is 8.67. The first kappa shape index (κ1) is 17.7. The zero-order chi connectivity index (χ0) is 18.1. The third-order valence-electron chi connectivity index (χ3n) is 4.54. The van der Waals surface area contributed by atoms with Crippen LogP contribution in [-0.2, 0) is 6.54 Å². The maximum Gasteiger partial charge on any atom is 0.264 e. The van der Waals surface area contributed by atoms with Crippen LogP contribution in [0.1, 0.15) is 47.7 Å². The van der Waals surface area contributed by atoms with Crippen LogP contribution in [0.3, 0.4) is 0 Å². The van der Waals surface area contributed by atoms with Gasteiger partial charge in [-0.3, -0.25) is 9.48 Å². The van der Waals surface area contributed by atoms with Gasteiger partial charge >= 0.3 is 0 Å². The summed E-state index contributed by atoms with van der Waals surface area (Å²) in [6.45, 7) is 9.30. The van der Waals surface area contributed by atoms with Crippen LogP contribution in [0.5, 0.6) is 0 Å². The Hall–Kier alpha value is -2.14. The fraction of sp³-hybridized carbons (Fsp3) is 0.400. The summed E-state index contributed by atoms with van der Waals surface area (Å²) in [6.07, 6.45) is 0. The Bertz CT molecular complexity index is 879. The van der Waals surface area contributed by atoms with Gasteiger partial charge in [0, 0.05) is 19.0 Å². The number of amides is 1. The Labute approximate surface area is 153 Å². The van der Waals surface area contributed by atoms with Crippen LogP contribution in [0.15, 0.2) is 36.4 Å². The Morgan fingerprint density at radius 3 is 2.56 bits per heavy atom. The molecule has 1 aromatic carbocycles. The monoisotopic (exact) mass is 355 g/mol. The van der Waals surface area contributed by atoms with Crippen molar-refractivity contribution in [1.29, 1.82) is 0 Å². The molecule has 0 bridgehead atoms. The van der Waals surface area contributed by atoms with Gasteiger partial charge in [-0.2, -0.15) is 5.10 Å². The number of hydrogen-bond donors (Lipinski definition) is 0. The van der Waals surface area contributed by atoms with Gasteiger partial charge in [0.1, 0.15) is 4.83 Å². The summed E-state index contributed by atoms with van der Waals surface area (Å²) < 4.78 is 2.04. The van der Waals surface area contributed by atoms with Gasteiger partial charge in [0.05, 0.1) is 16.6 Å². The third kappa shape index (κ3) is 3.47. The predicted octanol–water partition coefficient (Wildman–Crippen LogP) is 4.90. The van der Waals surface area contributed by atoms with Gasteiger partial charge in [0.25, 0.3) is 5.91 Å². The summed E-state index contributed by atoms with van der Waals surface area (Å²) >= 11 is 1.55. The molecule has 2 aromatic heterocycles. The predicted molar refractivity (Wildman–Crippen MR) is 104 cm³/mol. The largest absolute Gasteiger partial charge is 0.334 e. The molecule has 0 saturated heterocycles. The van der Waals surface area contributed by atoms with E-state index in [2.05, 4.69) is 38.0 Å². The van der Waals surface area contributed by atoms with Gasteiger partial charge in [-0.15, -0.1) is 11.3 Å². The molecule has 3 aromatic rings. The molecule has 0 spiro atoms. The number of hydrogen-bond acceptors (Lipinski definition) is 3. The second kappa shape index (κ2) is 7.00. The van der Waals surface area contributed by atoms with Crippen LogP contribution in [0.25, 0.3) is 10.2 Å². The van der Waals surface area contributed by atoms with Crippen LogP contribution < -0.4 is 0 Å². The van der Waals surface area contributed by atoms with E-state index in [0.29, 0.717) is 5.92 Å². The Balaban J connectivity index is 1.89. The lowest BCUT2D eigenvalue weighted by molar-refractivity contribution is 0.0747. The van der Waals surface area contributed by atoms with Gasteiger partial charge in [-0.1, -0.05) is 44.2 Å². The summed E-state index contributed by atoms with van der Waals surface area (Å²) in [4.78, 5) is 16.7. The fourth-order valence-electron chi connectivity index (χ4n) is 2.99. The number of carbonyl (C=O) groups excluding carboxylic acids is 1. The molecule has 25 heavy (non-hydrogen) atoms. The number of aryl methyl sites for hydroxylation is 1. The molecule has 5 heteroatoms. The topological polar surface area (TPSA) is 38.1 Å². The summed E-state index contributed by atoms with van der Waals surface area (Å²) in [6, 6.07) is 12.2. The molecule has 0 aliphatic carbocycles. The maximum atomic E-state index is 13.0. The second-order valence-electron chi connectivity index (χ2n) is 6.99. The lowest BCUT2D eigenvalue weighted by atomic mass is 10.1. The van der Waals surface area contributed by atoms with Crippen LogP contribution in [0.4, 0.5) is 0 Å². The van der Waals surface area contributed by atoms with Gasteiger partial charge in [-0.05, 0) is 31.4 Å². The van der Waals surface area contributed by atoms with E-state index >= 15 is 0 Å². The van der Waals surface area contributed by atoms with E-state index in [1.54, 1.807) is 11.3 Å². The summed E-state index contributed by atoms with van der Waals surface area (Å²) in [5.41, 5.74) is 2.13. The molecule has 1 amide bonds. The van der Waals surface area contributed by atoms with E-state index in [0.717, 1.165) is 32.9 Å². The van der Waals surface area contributed by atoms with Gasteiger partial charge in [0.15, 0.2) is 0 Å². The number of carbonyl (C=O) groups is 1. The molecule has 1 atom stereocenters. The molecule has 0 unspecified atom stereocenters. The van der Waals surface area contributed by atoms with Crippen molar-refractivity contribution in [3.05, 3.63) is 52.5 Å². The van der Waals surface area contributed by atoms with Crippen molar-refractivity contribution >= 4 is 27.5 Å². The number of thiophene rings is 1. The number of rotatable bonds is 5. The standard InChI is InChI=1S/C20H25N3OS/c1-13(2)12-23-20-17(14(3)21-23)11-18(25-20)19(24)22(5)15(4)16-9-7-6-8-10-16/h6-11,13,15H,12H2,1-5H3/t15-/m1/s1. The summed E-state index contributed by atoms with van der Waals surface area (Å²) in [5, 5.41) is 5.71. The minimum Gasteiger partial charge on any atom is -0.334 e. The van der Waals surface area contributed by atoms with Crippen LogP contribution in [0.2, 0.25) is 0 Å². The van der Waals surface area contributed by atoms with Crippen molar-refractivity contribution in [3.8, 4) is 0 Å². The first-order chi connectivity index (χ1) is 11.9. The summed E-state index contributed by atoms with van der Waals surface area (Å²) in [5.74, 6) is 0.581. The van der Waals surface area contributed by atoms with Crippen molar-refractivity contribution < 1.29 is 4.79 Å². The van der Waals surface area contributed by atoms with Crippen LogP contribution in [-0.4, -0.2) is 27.6 Å². The molecule has 2 heterocycles. The molecule has 0 aliphatic heterocycles. The van der Waals surface area contributed by atoms with Gasteiger partial charge in [0.2, 0.25) is 0 Å². The number of nitrogens with zero attached hydrogens (tertiary/aromatic N) is 3. The SMILES string of the molecule is Cc1nn(CC(C)C)c2sc(C(=O)N(C)[C@H](C)c3ccccc3)cc12. The molecule has 0 aliphatic rings. The molecule has 132 valence electrons. The van der Waals surface area contributed by atoms with E-state index < -0.39 is 0 Å². The molecular formula is C20H25N3OS. The quantitative estimate of drug-likeness (QED) is 0.653. The Kier molecular flexibility index (Phi) is 4.95. The second-order valence-corrected chi connectivity index (χ2v) is 8.02.